The largest absolute Gasteiger partial charge is 0.223 e. The van der Waals surface area contributed by atoms with Crippen LogP contribution in [0.2, 0.25) is 0 Å². The normalized spacial score (nSPS) is 13.1. The van der Waals surface area contributed by atoms with Gasteiger partial charge in [0.25, 0.3) is 0 Å². The average Bonchev–Trinajstić information content (AvgIpc) is 2.22. The van der Waals surface area contributed by atoms with E-state index in [9.17, 15) is 8.42 Å². The first kappa shape index (κ1) is 12.7. The van der Waals surface area contributed by atoms with Crippen molar-refractivity contribution in [2.24, 2.45) is 0 Å². The molecule has 0 fully saturated rings. The Hall–Kier alpha value is -1.34. The smallest absolute Gasteiger partial charge is 0.181 e. The third-order valence-corrected chi connectivity index (χ3v) is 4.85. The first-order chi connectivity index (χ1) is 7.39. The lowest BCUT2D eigenvalue weighted by molar-refractivity contribution is 0.584. The zero-order chi connectivity index (χ0) is 12.3. The Morgan fingerprint density at radius 2 is 1.94 bits per heavy atom. The van der Waals surface area contributed by atoms with Gasteiger partial charge in [-0.15, -0.1) is 0 Å². The SMILES string of the molecule is Cc1ccc(S(=O)(=O)C(C)CC#N)cc1C. The van der Waals surface area contributed by atoms with E-state index < -0.39 is 15.1 Å². The quantitative estimate of drug-likeness (QED) is 0.811. The van der Waals surface area contributed by atoms with Crippen LogP contribution >= 0.6 is 0 Å². The molecule has 0 spiro atoms. The van der Waals surface area contributed by atoms with Gasteiger partial charge < -0.3 is 0 Å². The third-order valence-electron chi connectivity index (χ3n) is 2.72. The van der Waals surface area contributed by atoms with E-state index in [-0.39, 0.29) is 6.42 Å². The summed E-state index contributed by atoms with van der Waals surface area (Å²) in [6.07, 6.45) is 0.0231. The molecule has 0 aliphatic rings. The number of nitriles is 1. The van der Waals surface area contributed by atoms with Crippen LogP contribution in [0.25, 0.3) is 0 Å². The zero-order valence-electron chi connectivity index (χ0n) is 9.69. The van der Waals surface area contributed by atoms with Gasteiger partial charge in [-0.05, 0) is 44.0 Å². The van der Waals surface area contributed by atoms with Crippen LogP contribution < -0.4 is 0 Å². The van der Waals surface area contributed by atoms with E-state index in [4.69, 9.17) is 5.26 Å². The summed E-state index contributed by atoms with van der Waals surface area (Å²) >= 11 is 0. The van der Waals surface area contributed by atoms with Crippen molar-refractivity contribution in [1.29, 1.82) is 5.26 Å². The van der Waals surface area contributed by atoms with E-state index >= 15 is 0 Å². The molecule has 1 atom stereocenters. The Bertz CT molecular complexity index is 526. The molecule has 3 nitrogen and oxygen atoms in total. The number of hydrogen-bond donors (Lipinski definition) is 0. The maximum Gasteiger partial charge on any atom is 0.181 e. The van der Waals surface area contributed by atoms with E-state index in [1.807, 2.05) is 19.9 Å². The van der Waals surface area contributed by atoms with E-state index in [1.54, 1.807) is 25.1 Å². The Morgan fingerprint density at radius 1 is 1.31 bits per heavy atom. The summed E-state index contributed by atoms with van der Waals surface area (Å²) in [6, 6.07) is 6.95. The van der Waals surface area contributed by atoms with Crippen molar-refractivity contribution >= 4 is 9.84 Å². The molecule has 16 heavy (non-hydrogen) atoms. The third kappa shape index (κ3) is 2.42. The molecular formula is C12H15NO2S. The molecule has 0 amide bonds. The second-order valence-electron chi connectivity index (χ2n) is 3.96. The van der Waals surface area contributed by atoms with Crippen molar-refractivity contribution in [2.75, 3.05) is 0 Å². The molecule has 1 aromatic carbocycles. The Balaban J connectivity index is 3.18. The highest BCUT2D eigenvalue weighted by Gasteiger charge is 2.23. The molecular weight excluding hydrogens is 222 g/mol. The molecule has 0 saturated carbocycles. The average molecular weight is 237 g/mol. The monoisotopic (exact) mass is 237 g/mol. The minimum atomic E-state index is -3.36. The van der Waals surface area contributed by atoms with Crippen molar-refractivity contribution in [1.82, 2.24) is 0 Å². The van der Waals surface area contributed by atoms with Gasteiger partial charge in [-0.2, -0.15) is 5.26 Å². The molecule has 0 radical (unpaired) electrons. The predicted molar refractivity (Wildman–Crippen MR) is 62.8 cm³/mol. The van der Waals surface area contributed by atoms with Crippen molar-refractivity contribution in [3.05, 3.63) is 29.3 Å². The van der Waals surface area contributed by atoms with Gasteiger partial charge in [0.2, 0.25) is 0 Å². The standard InChI is InChI=1S/C12H15NO2S/c1-9-4-5-12(8-10(9)2)16(14,15)11(3)6-7-13/h4-5,8,11H,6H2,1-3H3. The summed E-state index contributed by atoms with van der Waals surface area (Å²) in [7, 11) is -3.36. The van der Waals surface area contributed by atoms with Crippen molar-refractivity contribution < 1.29 is 8.42 Å². The minimum Gasteiger partial charge on any atom is -0.223 e. The van der Waals surface area contributed by atoms with E-state index in [2.05, 4.69) is 0 Å². The number of benzene rings is 1. The van der Waals surface area contributed by atoms with Crippen LogP contribution in [0.4, 0.5) is 0 Å². The fourth-order valence-corrected chi connectivity index (χ4v) is 2.72. The van der Waals surface area contributed by atoms with Crippen LogP contribution in [0.5, 0.6) is 0 Å². The molecule has 1 unspecified atom stereocenters. The Labute approximate surface area is 96.6 Å². The van der Waals surface area contributed by atoms with Gasteiger partial charge >= 0.3 is 0 Å². The Morgan fingerprint density at radius 3 is 2.44 bits per heavy atom. The van der Waals surface area contributed by atoms with Crippen LogP contribution in [0, 0.1) is 25.2 Å². The number of nitrogens with zero attached hydrogens (tertiary/aromatic N) is 1. The molecule has 86 valence electrons. The number of sulfone groups is 1. The Kier molecular flexibility index (Phi) is 3.71. The summed E-state index contributed by atoms with van der Waals surface area (Å²) < 4.78 is 24.1. The number of hydrogen-bond acceptors (Lipinski definition) is 3. The maximum absolute atomic E-state index is 12.0. The topological polar surface area (TPSA) is 57.9 Å². The second kappa shape index (κ2) is 4.67. The van der Waals surface area contributed by atoms with Crippen LogP contribution in [-0.4, -0.2) is 13.7 Å². The molecule has 0 heterocycles. The fourth-order valence-electron chi connectivity index (χ4n) is 1.36. The van der Waals surface area contributed by atoms with Crippen LogP contribution in [0.1, 0.15) is 24.5 Å². The zero-order valence-corrected chi connectivity index (χ0v) is 10.5. The van der Waals surface area contributed by atoms with E-state index in [0.717, 1.165) is 11.1 Å². The van der Waals surface area contributed by atoms with Crippen molar-refractivity contribution in [2.45, 2.75) is 37.3 Å². The lowest BCUT2D eigenvalue weighted by Gasteiger charge is -2.11. The van der Waals surface area contributed by atoms with Crippen molar-refractivity contribution in [3.63, 3.8) is 0 Å². The molecule has 0 aliphatic heterocycles. The van der Waals surface area contributed by atoms with Gasteiger partial charge in [-0.25, -0.2) is 8.42 Å². The van der Waals surface area contributed by atoms with E-state index in [1.165, 1.54) is 0 Å². The number of rotatable bonds is 3. The number of aryl methyl sites for hydroxylation is 2. The van der Waals surface area contributed by atoms with Gasteiger partial charge in [0, 0.05) is 0 Å². The van der Waals surface area contributed by atoms with Crippen LogP contribution in [0.15, 0.2) is 23.1 Å². The molecule has 1 aromatic rings. The minimum absolute atomic E-state index is 0.0231. The predicted octanol–water partition coefficient (Wildman–Crippen LogP) is 2.38. The summed E-state index contributed by atoms with van der Waals surface area (Å²) in [5.41, 5.74) is 2.01. The molecule has 0 N–H and O–H groups in total. The molecule has 4 heteroatoms. The molecule has 0 aromatic heterocycles. The molecule has 0 saturated heterocycles. The molecule has 0 bridgehead atoms. The highest BCUT2D eigenvalue weighted by atomic mass is 32.2. The lowest BCUT2D eigenvalue weighted by atomic mass is 10.1. The van der Waals surface area contributed by atoms with E-state index in [0.29, 0.717) is 4.90 Å². The summed E-state index contributed by atoms with van der Waals surface area (Å²) in [6.45, 7) is 5.38. The van der Waals surface area contributed by atoms with Crippen molar-refractivity contribution in [3.8, 4) is 6.07 Å². The van der Waals surface area contributed by atoms with Gasteiger partial charge in [0.05, 0.1) is 22.6 Å². The lowest BCUT2D eigenvalue weighted by Crippen LogP contribution is -2.17. The van der Waals surface area contributed by atoms with Gasteiger partial charge in [0.15, 0.2) is 9.84 Å². The summed E-state index contributed by atoms with van der Waals surface area (Å²) in [5, 5.41) is 7.88. The highest BCUT2D eigenvalue weighted by Crippen LogP contribution is 2.20. The second-order valence-corrected chi connectivity index (χ2v) is 6.33. The highest BCUT2D eigenvalue weighted by molar-refractivity contribution is 7.92. The first-order valence-electron chi connectivity index (χ1n) is 5.07. The summed E-state index contributed by atoms with van der Waals surface area (Å²) in [5.74, 6) is 0. The van der Waals surface area contributed by atoms with Gasteiger partial charge in [-0.3, -0.25) is 0 Å². The fraction of sp³-hybridized carbons (Fsp3) is 0.417. The van der Waals surface area contributed by atoms with Crippen LogP contribution in [-0.2, 0) is 9.84 Å². The molecule has 0 aliphatic carbocycles. The van der Waals surface area contributed by atoms with Crippen LogP contribution in [0.3, 0.4) is 0 Å². The maximum atomic E-state index is 12.0. The first-order valence-corrected chi connectivity index (χ1v) is 6.62. The van der Waals surface area contributed by atoms with Gasteiger partial charge in [-0.1, -0.05) is 6.07 Å². The molecule has 1 rings (SSSR count). The van der Waals surface area contributed by atoms with Gasteiger partial charge in [0.1, 0.15) is 0 Å². The summed E-state index contributed by atoms with van der Waals surface area (Å²) in [4.78, 5) is 0.304.